The van der Waals surface area contributed by atoms with Crippen LogP contribution in [0, 0.1) is 0 Å². The standard InChI is InChI=1S/C17H20F3N5O4/c1-10(2)28-15(26)13(7-25-9-21-8-23-25)29-16(27)24-11(3)12-4-5-14(22-6-12)17(18,19)20/h4-6,8-11,13H,7H2,1-3H3,(H,24,27)/t11-,13?/m1/s1. The summed E-state index contributed by atoms with van der Waals surface area (Å²) in [6, 6.07) is 1.29. The van der Waals surface area contributed by atoms with Crippen molar-refractivity contribution in [1.29, 1.82) is 0 Å². The van der Waals surface area contributed by atoms with E-state index in [4.69, 9.17) is 9.47 Å². The second kappa shape index (κ2) is 9.34. The number of carbonyl (C=O) groups is 2. The number of pyridine rings is 1. The Balaban J connectivity index is 2.01. The topological polar surface area (TPSA) is 108 Å². The monoisotopic (exact) mass is 415 g/mol. The van der Waals surface area contributed by atoms with Crippen molar-refractivity contribution >= 4 is 12.1 Å². The van der Waals surface area contributed by atoms with Gasteiger partial charge >= 0.3 is 18.2 Å². The number of ether oxygens (including phenoxy) is 2. The normalized spacial score (nSPS) is 13.6. The third kappa shape index (κ3) is 6.73. The molecule has 29 heavy (non-hydrogen) atoms. The number of amides is 1. The number of alkyl halides is 3. The molecule has 2 aromatic heterocycles. The van der Waals surface area contributed by atoms with Gasteiger partial charge in [-0.1, -0.05) is 6.07 Å². The Hall–Kier alpha value is -3.18. The van der Waals surface area contributed by atoms with Crippen molar-refractivity contribution in [2.24, 2.45) is 0 Å². The van der Waals surface area contributed by atoms with Crippen molar-refractivity contribution in [2.75, 3.05) is 0 Å². The fourth-order valence-electron chi connectivity index (χ4n) is 2.22. The Morgan fingerprint density at radius 2 is 1.93 bits per heavy atom. The van der Waals surface area contributed by atoms with Gasteiger partial charge in [-0.05, 0) is 32.4 Å². The van der Waals surface area contributed by atoms with E-state index in [1.807, 2.05) is 0 Å². The summed E-state index contributed by atoms with van der Waals surface area (Å²) < 4.78 is 49.3. The van der Waals surface area contributed by atoms with Gasteiger partial charge in [-0.15, -0.1) is 0 Å². The summed E-state index contributed by atoms with van der Waals surface area (Å²) in [5, 5.41) is 6.28. The van der Waals surface area contributed by atoms with Crippen LogP contribution in [0.1, 0.15) is 38.1 Å². The van der Waals surface area contributed by atoms with Crippen molar-refractivity contribution in [3.63, 3.8) is 0 Å². The molecule has 0 saturated carbocycles. The molecule has 2 rings (SSSR count). The van der Waals surface area contributed by atoms with Crippen LogP contribution >= 0.6 is 0 Å². The minimum Gasteiger partial charge on any atom is -0.460 e. The third-order valence-corrected chi connectivity index (χ3v) is 3.59. The Morgan fingerprint density at radius 1 is 1.21 bits per heavy atom. The Labute approximate surface area is 164 Å². The number of hydrogen-bond acceptors (Lipinski definition) is 7. The average molecular weight is 415 g/mol. The Morgan fingerprint density at radius 3 is 2.45 bits per heavy atom. The summed E-state index contributed by atoms with van der Waals surface area (Å²) in [5.74, 6) is -0.769. The summed E-state index contributed by atoms with van der Waals surface area (Å²) in [7, 11) is 0. The van der Waals surface area contributed by atoms with Crippen LogP contribution in [0.5, 0.6) is 0 Å². The van der Waals surface area contributed by atoms with E-state index in [1.54, 1.807) is 13.8 Å². The molecule has 1 amide bonds. The van der Waals surface area contributed by atoms with Gasteiger partial charge in [-0.25, -0.2) is 19.3 Å². The number of alkyl carbamates (subject to hydrolysis) is 1. The first-order chi connectivity index (χ1) is 13.6. The van der Waals surface area contributed by atoms with E-state index in [0.717, 1.165) is 12.3 Å². The summed E-state index contributed by atoms with van der Waals surface area (Å²) >= 11 is 0. The number of nitrogens with zero attached hydrogens (tertiary/aromatic N) is 4. The first-order valence-electron chi connectivity index (χ1n) is 8.59. The van der Waals surface area contributed by atoms with E-state index < -0.39 is 42.2 Å². The quantitative estimate of drug-likeness (QED) is 0.692. The van der Waals surface area contributed by atoms with Crippen LogP contribution in [0.2, 0.25) is 0 Å². The maximum absolute atomic E-state index is 12.6. The van der Waals surface area contributed by atoms with Crippen molar-refractivity contribution < 1.29 is 32.2 Å². The van der Waals surface area contributed by atoms with Gasteiger partial charge in [0, 0.05) is 6.20 Å². The van der Waals surface area contributed by atoms with Crippen LogP contribution in [0.3, 0.4) is 0 Å². The van der Waals surface area contributed by atoms with Gasteiger partial charge in [-0.2, -0.15) is 18.3 Å². The maximum Gasteiger partial charge on any atom is 0.433 e. The molecular weight excluding hydrogens is 395 g/mol. The van der Waals surface area contributed by atoms with Crippen LogP contribution in [-0.4, -0.2) is 44.0 Å². The van der Waals surface area contributed by atoms with Gasteiger partial charge in [0.2, 0.25) is 6.10 Å². The van der Waals surface area contributed by atoms with E-state index in [0.29, 0.717) is 5.56 Å². The lowest BCUT2D eigenvalue weighted by atomic mass is 10.1. The van der Waals surface area contributed by atoms with E-state index in [1.165, 1.54) is 30.3 Å². The number of carbonyl (C=O) groups excluding carboxylic acids is 2. The molecule has 0 bridgehead atoms. The molecule has 1 N–H and O–H groups in total. The van der Waals surface area contributed by atoms with Gasteiger partial charge in [0.25, 0.3) is 0 Å². The molecule has 2 aromatic rings. The van der Waals surface area contributed by atoms with E-state index >= 15 is 0 Å². The zero-order valence-electron chi connectivity index (χ0n) is 15.9. The van der Waals surface area contributed by atoms with Crippen LogP contribution in [-0.2, 0) is 27.0 Å². The number of aromatic nitrogens is 4. The number of rotatable bonds is 7. The highest BCUT2D eigenvalue weighted by molar-refractivity contribution is 5.79. The number of esters is 1. The van der Waals surface area contributed by atoms with Crippen LogP contribution in [0.4, 0.5) is 18.0 Å². The fourth-order valence-corrected chi connectivity index (χ4v) is 2.22. The minimum atomic E-state index is -4.56. The summed E-state index contributed by atoms with van der Waals surface area (Å²) in [4.78, 5) is 31.5. The Kier molecular flexibility index (Phi) is 7.13. The SMILES string of the molecule is CC(C)OC(=O)C(Cn1cncn1)OC(=O)N[C@H](C)c1ccc(C(F)(F)F)nc1. The van der Waals surface area contributed by atoms with E-state index in [-0.39, 0.29) is 6.54 Å². The molecule has 0 radical (unpaired) electrons. The maximum atomic E-state index is 12.6. The molecule has 0 aromatic carbocycles. The zero-order chi connectivity index (χ0) is 21.6. The lowest BCUT2D eigenvalue weighted by Gasteiger charge is -2.20. The zero-order valence-corrected chi connectivity index (χ0v) is 15.9. The molecule has 0 saturated heterocycles. The van der Waals surface area contributed by atoms with Gasteiger partial charge in [0.05, 0.1) is 18.7 Å². The molecule has 9 nitrogen and oxygen atoms in total. The predicted molar refractivity (Wildman–Crippen MR) is 92.3 cm³/mol. The van der Waals surface area contributed by atoms with Crippen LogP contribution in [0.25, 0.3) is 0 Å². The Bertz CT molecular complexity index is 809. The highest BCUT2D eigenvalue weighted by Crippen LogP contribution is 2.27. The molecule has 0 spiro atoms. The number of halogens is 3. The van der Waals surface area contributed by atoms with E-state index in [2.05, 4.69) is 20.4 Å². The molecule has 0 aliphatic carbocycles. The van der Waals surface area contributed by atoms with Crippen molar-refractivity contribution in [2.45, 2.75) is 51.7 Å². The molecule has 1 unspecified atom stereocenters. The molecule has 2 heterocycles. The lowest BCUT2D eigenvalue weighted by Crippen LogP contribution is -2.39. The van der Waals surface area contributed by atoms with Gasteiger partial charge in [0.15, 0.2) is 0 Å². The summed E-state index contributed by atoms with van der Waals surface area (Å²) in [6.07, 6.45) is -3.63. The van der Waals surface area contributed by atoms with Gasteiger partial charge in [0.1, 0.15) is 18.3 Å². The lowest BCUT2D eigenvalue weighted by molar-refractivity contribution is -0.158. The molecular formula is C17H20F3N5O4. The molecule has 0 aliphatic heterocycles. The van der Waals surface area contributed by atoms with Gasteiger partial charge in [-0.3, -0.25) is 4.98 Å². The van der Waals surface area contributed by atoms with E-state index in [9.17, 15) is 22.8 Å². The molecule has 158 valence electrons. The molecule has 0 fully saturated rings. The second-order valence-electron chi connectivity index (χ2n) is 6.34. The largest absolute Gasteiger partial charge is 0.460 e. The fraction of sp³-hybridized carbons (Fsp3) is 0.471. The highest BCUT2D eigenvalue weighted by atomic mass is 19.4. The van der Waals surface area contributed by atoms with Crippen LogP contribution < -0.4 is 5.32 Å². The van der Waals surface area contributed by atoms with Gasteiger partial charge < -0.3 is 14.8 Å². The third-order valence-electron chi connectivity index (χ3n) is 3.59. The first kappa shape index (κ1) is 22.1. The molecule has 0 aliphatic rings. The van der Waals surface area contributed by atoms with Crippen molar-refractivity contribution in [3.8, 4) is 0 Å². The predicted octanol–water partition coefficient (Wildman–Crippen LogP) is 2.50. The smallest absolute Gasteiger partial charge is 0.433 e. The van der Waals surface area contributed by atoms with Crippen molar-refractivity contribution in [1.82, 2.24) is 25.1 Å². The minimum absolute atomic E-state index is 0.116. The number of nitrogens with one attached hydrogen (secondary N) is 1. The van der Waals surface area contributed by atoms with Crippen molar-refractivity contribution in [3.05, 3.63) is 42.2 Å². The summed E-state index contributed by atoms with van der Waals surface area (Å²) in [6.45, 7) is 4.70. The summed E-state index contributed by atoms with van der Waals surface area (Å²) in [5.41, 5.74) is -0.715. The average Bonchev–Trinajstić information content (AvgIpc) is 3.13. The second-order valence-corrected chi connectivity index (χ2v) is 6.34. The molecule has 2 atom stereocenters. The van der Waals surface area contributed by atoms with Crippen LogP contribution in [0.15, 0.2) is 31.0 Å². The number of hydrogen-bond donors (Lipinski definition) is 1. The highest BCUT2D eigenvalue weighted by Gasteiger charge is 2.32. The first-order valence-corrected chi connectivity index (χ1v) is 8.59. The molecule has 12 heteroatoms.